The first-order chi connectivity index (χ1) is 22.4. The third-order valence-electron chi connectivity index (χ3n) is 11.2. The van der Waals surface area contributed by atoms with Crippen LogP contribution in [0.4, 0.5) is 0 Å². The summed E-state index contributed by atoms with van der Waals surface area (Å²) in [7, 11) is -0.768. The van der Waals surface area contributed by atoms with Crippen LogP contribution < -0.4 is 10.9 Å². The maximum atomic E-state index is 6.26. The van der Waals surface area contributed by atoms with Gasteiger partial charge in [-0.2, -0.15) is 0 Å². The molecule has 0 radical (unpaired) electrons. The van der Waals surface area contributed by atoms with Gasteiger partial charge in [-0.15, -0.1) is 0 Å². The molecule has 2 fully saturated rings. The summed E-state index contributed by atoms with van der Waals surface area (Å²) in [6.45, 7) is 25.6. The van der Waals surface area contributed by atoms with E-state index in [2.05, 4.69) is 152 Å². The Morgan fingerprint density at radius 2 is 0.833 bits per heavy atom. The van der Waals surface area contributed by atoms with Gasteiger partial charge in [0.05, 0.1) is 18.1 Å². The molecule has 2 atom stereocenters. The van der Waals surface area contributed by atoms with Crippen molar-refractivity contribution in [1.29, 1.82) is 0 Å². The summed E-state index contributed by atoms with van der Waals surface area (Å²) in [6, 6.07) is 35.3. The lowest BCUT2D eigenvalue weighted by Crippen LogP contribution is -2.42. The minimum absolute atomic E-state index is 0.125. The summed E-state index contributed by atoms with van der Waals surface area (Å²) in [5.41, 5.74) is 7.53. The first-order valence-corrected chi connectivity index (χ1v) is 17.4. The van der Waals surface area contributed by atoms with Gasteiger partial charge >= 0.3 is 14.2 Å². The highest BCUT2D eigenvalue weighted by Crippen LogP contribution is 2.40. The molecule has 6 rings (SSSR count). The third-order valence-corrected chi connectivity index (χ3v) is 11.2. The van der Waals surface area contributed by atoms with E-state index in [1.807, 2.05) is 20.8 Å². The average Bonchev–Trinajstić information content (AvgIpc) is 3.40. The molecule has 2 aliphatic rings. The molecule has 48 heavy (non-hydrogen) atoms. The summed E-state index contributed by atoms with van der Waals surface area (Å²) in [4.78, 5) is 0. The molecule has 0 N–H and O–H groups in total. The van der Waals surface area contributed by atoms with Crippen LogP contribution in [0.1, 0.15) is 86.8 Å². The van der Waals surface area contributed by atoms with Crippen LogP contribution in [-0.4, -0.2) is 36.6 Å². The van der Waals surface area contributed by atoms with Crippen molar-refractivity contribution in [3.63, 3.8) is 0 Å². The monoisotopic (exact) mass is 641 g/mol. The highest BCUT2D eigenvalue weighted by atomic mass is 16.7. The van der Waals surface area contributed by atoms with E-state index >= 15 is 0 Å². The summed E-state index contributed by atoms with van der Waals surface area (Å²) >= 11 is 0. The van der Waals surface area contributed by atoms with Gasteiger partial charge in [0.2, 0.25) is 5.60 Å². The second-order valence-corrected chi connectivity index (χ2v) is 16.2. The zero-order chi connectivity index (χ0) is 34.7. The molecule has 4 nitrogen and oxygen atoms in total. The Balaban J connectivity index is 1.19. The smallest absolute Gasteiger partial charge is 0.399 e. The minimum Gasteiger partial charge on any atom is -0.399 e. The average molecular weight is 641 g/mol. The van der Waals surface area contributed by atoms with Gasteiger partial charge in [0.15, 0.2) is 0 Å². The van der Waals surface area contributed by atoms with Crippen molar-refractivity contribution in [2.75, 3.05) is 0 Å². The fourth-order valence-corrected chi connectivity index (χ4v) is 6.86. The highest BCUT2D eigenvalue weighted by molar-refractivity contribution is 6.62. The highest BCUT2D eigenvalue weighted by Gasteiger charge is 2.57. The molecule has 6 heteroatoms. The number of rotatable bonds is 8. The molecule has 4 aromatic carbocycles. The fraction of sp³-hybridized carbons (Fsp3) is 0.405. The molecular weight excluding hydrogens is 590 g/mol. The normalized spacial score (nSPS) is 22.6. The lowest BCUT2D eigenvalue weighted by Gasteiger charge is -2.33. The van der Waals surface area contributed by atoms with E-state index in [0.29, 0.717) is 5.92 Å². The van der Waals surface area contributed by atoms with Crippen molar-refractivity contribution in [2.45, 2.75) is 103 Å². The summed E-state index contributed by atoms with van der Waals surface area (Å²) in [5.74, 6) is 0.537. The zero-order valence-corrected chi connectivity index (χ0v) is 30.5. The Labute approximate surface area is 289 Å². The summed E-state index contributed by atoms with van der Waals surface area (Å²) < 4.78 is 24.9. The molecule has 2 aliphatic heterocycles. The van der Waals surface area contributed by atoms with Crippen molar-refractivity contribution < 1.29 is 18.6 Å². The van der Waals surface area contributed by atoms with E-state index < -0.39 is 18.3 Å². The van der Waals surface area contributed by atoms with Crippen LogP contribution in [-0.2, 0) is 24.0 Å². The van der Waals surface area contributed by atoms with Crippen LogP contribution in [0.15, 0.2) is 97.1 Å². The Bertz CT molecular complexity index is 1570. The largest absolute Gasteiger partial charge is 0.497 e. The van der Waals surface area contributed by atoms with E-state index in [1.54, 1.807) is 0 Å². The molecule has 0 aliphatic carbocycles. The van der Waals surface area contributed by atoms with Gasteiger partial charge in [0, 0.05) is 12.3 Å². The van der Waals surface area contributed by atoms with Gasteiger partial charge < -0.3 is 18.6 Å². The molecule has 0 saturated carbocycles. The van der Waals surface area contributed by atoms with Crippen LogP contribution >= 0.6 is 0 Å². The van der Waals surface area contributed by atoms with Gasteiger partial charge in [-0.3, -0.25) is 0 Å². The van der Waals surface area contributed by atoms with Crippen LogP contribution in [0.25, 0.3) is 22.3 Å². The second kappa shape index (κ2) is 12.2. The van der Waals surface area contributed by atoms with Gasteiger partial charge in [-0.1, -0.05) is 118 Å². The topological polar surface area (TPSA) is 36.9 Å². The fourth-order valence-electron chi connectivity index (χ4n) is 6.86. The molecular formula is C42H51B2O4+. The van der Waals surface area contributed by atoms with Crippen LogP contribution in [0.3, 0.4) is 0 Å². The SMILES string of the molecule is [CH2+]C1(C)OB(c2ccc(-c3ccc(C(C)(CC(C)C)c4ccc(-c5ccc(B6OC(C)(C)C(C)(C)O6)cc5)cc4)cc3)cc2)OC1(C)C. The molecule has 248 valence electrons. The number of hydrogen-bond donors (Lipinski definition) is 0. The Kier molecular flexibility index (Phi) is 8.82. The predicted octanol–water partition coefficient (Wildman–Crippen LogP) is 8.79. The second-order valence-electron chi connectivity index (χ2n) is 16.2. The van der Waals surface area contributed by atoms with Crippen molar-refractivity contribution in [1.82, 2.24) is 0 Å². The first-order valence-electron chi connectivity index (χ1n) is 17.4. The summed E-state index contributed by atoms with van der Waals surface area (Å²) in [6.07, 6.45) is 1.05. The number of benzene rings is 4. The maximum absolute atomic E-state index is 6.26. The van der Waals surface area contributed by atoms with E-state index in [-0.39, 0.29) is 23.7 Å². The molecule has 2 saturated heterocycles. The molecule has 0 bridgehead atoms. The molecule has 2 unspecified atom stereocenters. The molecule has 4 aromatic rings. The van der Waals surface area contributed by atoms with Gasteiger partial charge in [0.1, 0.15) is 5.60 Å². The van der Waals surface area contributed by atoms with E-state index in [1.165, 1.54) is 33.4 Å². The molecule has 2 heterocycles. The number of hydrogen-bond acceptors (Lipinski definition) is 4. The zero-order valence-electron chi connectivity index (χ0n) is 30.5. The lowest BCUT2D eigenvalue weighted by atomic mass is 9.70. The third kappa shape index (κ3) is 6.41. The van der Waals surface area contributed by atoms with Crippen molar-refractivity contribution >= 4 is 25.2 Å². The van der Waals surface area contributed by atoms with Crippen LogP contribution in [0.2, 0.25) is 0 Å². The first kappa shape index (κ1) is 34.6. The van der Waals surface area contributed by atoms with Gasteiger partial charge in [-0.25, -0.2) is 0 Å². The minimum atomic E-state index is -0.600. The predicted molar refractivity (Wildman–Crippen MR) is 201 cm³/mol. The van der Waals surface area contributed by atoms with E-state index in [9.17, 15) is 0 Å². The quantitative estimate of drug-likeness (QED) is 0.142. The summed E-state index contributed by atoms with van der Waals surface area (Å²) in [5, 5.41) is 0. The maximum Gasteiger partial charge on any atom is 0.497 e. The van der Waals surface area contributed by atoms with Crippen molar-refractivity contribution in [3.8, 4) is 22.3 Å². The lowest BCUT2D eigenvalue weighted by molar-refractivity contribution is 0.00578. The van der Waals surface area contributed by atoms with Crippen LogP contribution in [0.5, 0.6) is 0 Å². The Morgan fingerprint density at radius 1 is 0.521 bits per heavy atom. The standard InChI is InChI=1S/C42H51B2O4/c1-29(2)28-42(11,34-20-12-30(13-21-34)32-16-24-36(25-17-32)43-45-38(3,4)39(5,6)46-43)35-22-14-31(15-23-35)33-18-26-37(27-19-33)44-47-40(7,8)41(9,10)48-44/h12-27,29H,3,28H2,1-2,4-11H3/q+1. The van der Waals surface area contributed by atoms with E-state index in [4.69, 9.17) is 18.6 Å². The Hall–Kier alpha value is -3.28. The van der Waals surface area contributed by atoms with E-state index in [0.717, 1.165) is 17.3 Å². The molecule has 0 amide bonds. The van der Waals surface area contributed by atoms with Gasteiger partial charge in [0.25, 0.3) is 0 Å². The van der Waals surface area contributed by atoms with Crippen LogP contribution in [0, 0.1) is 12.8 Å². The van der Waals surface area contributed by atoms with Crippen molar-refractivity contribution in [2.24, 2.45) is 5.92 Å². The van der Waals surface area contributed by atoms with Crippen molar-refractivity contribution in [3.05, 3.63) is 115 Å². The van der Waals surface area contributed by atoms with Gasteiger partial charge in [-0.05, 0) is 98.2 Å². The molecule has 0 spiro atoms. The Morgan fingerprint density at radius 3 is 1.15 bits per heavy atom. The molecule has 0 aromatic heterocycles.